The Bertz CT molecular complexity index is 666. The van der Waals surface area contributed by atoms with Crippen LogP contribution in [0.3, 0.4) is 0 Å². The first kappa shape index (κ1) is 12.6. The van der Waals surface area contributed by atoms with Gasteiger partial charge in [-0.1, -0.05) is 6.92 Å². The lowest BCUT2D eigenvalue weighted by molar-refractivity contribution is -0.127. The van der Waals surface area contributed by atoms with Crippen LogP contribution in [0, 0.1) is 0 Å². The predicted molar refractivity (Wildman–Crippen MR) is 71.1 cm³/mol. The summed E-state index contributed by atoms with van der Waals surface area (Å²) in [5.74, 6) is -0.267. The average Bonchev–Trinajstić information content (AvgIpc) is 2.90. The van der Waals surface area contributed by atoms with Gasteiger partial charge in [0.05, 0.1) is 23.5 Å². The Labute approximate surface area is 115 Å². The number of hydrogen-bond acceptors (Lipinski definition) is 4. The van der Waals surface area contributed by atoms with E-state index >= 15 is 0 Å². The quantitative estimate of drug-likeness (QED) is 0.840. The summed E-state index contributed by atoms with van der Waals surface area (Å²) in [5.41, 5.74) is 1.13. The molecule has 2 amide bonds. The van der Waals surface area contributed by atoms with Gasteiger partial charge >= 0.3 is 0 Å². The lowest BCUT2D eigenvalue weighted by atomic mass is 10.1. The molecule has 104 valence electrons. The minimum atomic E-state index is -0.414. The number of fused-ring (bicyclic) bond motifs is 1. The van der Waals surface area contributed by atoms with Gasteiger partial charge < -0.3 is 10.2 Å². The Hall–Kier alpha value is -2.44. The maximum absolute atomic E-state index is 12.7. The smallest absolute Gasteiger partial charge is 0.258 e. The second-order valence-corrected chi connectivity index (χ2v) is 4.68. The number of nitrogens with one attached hydrogen (secondary N) is 1. The fourth-order valence-corrected chi connectivity index (χ4v) is 2.52. The average molecular weight is 273 g/mol. The van der Waals surface area contributed by atoms with Crippen LogP contribution < -0.4 is 5.32 Å². The van der Waals surface area contributed by atoms with Crippen LogP contribution in [0.5, 0.6) is 0 Å². The van der Waals surface area contributed by atoms with Crippen LogP contribution >= 0.6 is 0 Å². The van der Waals surface area contributed by atoms with Gasteiger partial charge in [0.2, 0.25) is 5.91 Å². The zero-order chi connectivity index (χ0) is 14.1. The summed E-state index contributed by atoms with van der Waals surface area (Å²) in [6, 6.07) is -0.414. The van der Waals surface area contributed by atoms with Crippen molar-refractivity contribution in [1.29, 1.82) is 0 Å². The minimum Gasteiger partial charge on any atom is -0.353 e. The van der Waals surface area contributed by atoms with Gasteiger partial charge in [-0.2, -0.15) is 5.10 Å². The van der Waals surface area contributed by atoms with E-state index < -0.39 is 6.04 Å². The molecule has 3 heterocycles. The molecule has 1 aliphatic heterocycles. The van der Waals surface area contributed by atoms with Crippen LogP contribution in [-0.2, 0) is 4.79 Å². The Morgan fingerprint density at radius 2 is 2.35 bits per heavy atom. The highest BCUT2D eigenvalue weighted by molar-refractivity contribution is 6.02. The molecule has 7 nitrogen and oxygen atoms in total. The van der Waals surface area contributed by atoms with Crippen molar-refractivity contribution in [2.45, 2.75) is 19.4 Å². The lowest BCUT2D eigenvalue weighted by Crippen LogP contribution is -2.56. The first-order valence-corrected chi connectivity index (χ1v) is 6.58. The van der Waals surface area contributed by atoms with Crippen molar-refractivity contribution in [2.24, 2.45) is 0 Å². The summed E-state index contributed by atoms with van der Waals surface area (Å²) in [6.07, 6.45) is 7.02. The number of hydrogen-bond donors (Lipinski definition) is 1. The Morgan fingerprint density at radius 3 is 3.15 bits per heavy atom. The molecule has 1 aliphatic rings. The molecule has 0 spiro atoms. The second kappa shape index (κ2) is 4.92. The SMILES string of the molecule is CCC1C(=O)NCCN1C(=O)c1cnn2ccncc12. The van der Waals surface area contributed by atoms with E-state index in [-0.39, 0.29) is 11.8 Å². The molecule has 1 unspecified atom stereocenters. The molecule has 3 rings (SSSR count). The number of carbonyl (C=O) groups is 2. The third kappa shape index (κ3) is 1.91. The van der Waals surface area contributed by atoms with Crippen LogP contribution in [0.4, 0.5) is 0 Å². The highest BCUT2D eigenvalue weighted by Gasteiger charge is 2.33. The van der Waals surface area contributed by atoms with Crippen molar-refractivity contribution in [3.63, 3.8) is 0 Å². The highest BCUT2D eigenvalue weighted by Crippen LogP contribution is 2.16. The van der Waals surface area contributed by atoms with Crippen molar-refractivity contribution in [1.82, 2.24) is 24.8 Å². The molecule has 0 radical (unpaired) electrons. The Kier molecular flexibility index (Phi) is 3.09. The number of piperazine rings is 1. The molecule has 2 aromatic rings. The molecule has 20 heavy (non-hydrogen) atoms. The van der Waals surface area contributed by atoms with Crippen LogP contribution in [0.2, 0.25) is 0 Å². The van der Waals surface area contributed by atoms with E-state index in [0.29, 0.717) is 30.6 Å². The van der Waals surface area contributed by atoms with Gasteiger partial charge in [0, 0.05) is 25.5 Å². The van der Waals surface area contributed by atoms with Gasteiger partial charge in [-0.25, -0.2) is 4.52 Å². The number of aromatic nitrogens is 3. The summed E-state index contributed by atoms with van der Waals surface area (Å²) >= 11 is 0. The number of carbonyl (C=O) groups excluding carboxylic acids is 2. The van der Waals surface area contributed by atoms with Gasteiger partial charge in [-0.3, -0.25) is 14.6 Å². The van der Waals surface area contributed by atoms with E-state index in [1.165, 1.54) is 6.20 Å². The van der Waals surface area contributed by atoms with Crippen molar-refractivity contribution in [3.05, 3.63) is 30.4 Å². The Morgan fingerprint density at radius 1 is 1.50 bits per heavy atom. The van der Waals surface area contributed by atoms with Gasteiger partial charge in [0.15, 0.2) is 0 Å². The van der Waals surface area contributed by atoms with Crippen LogP contribution in [-0.4, -0.2) is 50.4 Å². The molecule has 0 bridgehead atoms. The van der Waals surface area contributed by atoms with E-state index in [9.17, 15) is 9.59 Å². The standard InChI is InChI=1S/C13H15N5O2/c1-2-10-12(19)15-4-5-17(10)13(20)9-7-16-18-6-3-14-8-11(9)18/h3,6-8,10H,2,4-5H2,1H3,(H,15,19). The van der Waals surface area contributed by atoms with E-state index in [4.69, 9.17) is 0 Å². The summed E-state index contributed by atoms with van der Waals surface area (Å²) < 4.78 is 1.60. The van der Waals surface area contributed by atoms with Crippen LogP contribution in [0.25, 0.3) is 5.52 Å². The molecule has 0 aromatic carbocycles. The molecule has 1 atom stereocenters. The molecule has 2 aromatic heterocycles. The fourth-order valence-electron chi connectivity index (χ4n) is 2.52. The lowest BCUT2D eigenvalue weighted by Gasteiger charge is -2.34. The van der Waals surface area contributed by atoms with E-state index in [0.717, 1.165) is 0 Å². The summed E-state index contributed by atoms with van der Waals surface area (Å²) in [6.45, 7) is 2.90. The Balaban J connectivity index is 1.97. The van der Waals surface area contributed by atoms with E-state index in [2.05, 4.69) is 15.4 Å². The normalized spacial score (nSPS) is 19.1. The minimum absolute atomic E-state index is 0.0956. The monoisotopic (exact) mass is 273 g/mol. The van der Waals surface area contributed by atoms with Crippen LogP contribution in [0.1, 0.15) is 23.7 Å². The third-order valence-electron chi connectivity index (χ3n) is 3.53. The van der Waals surface area contributed by atoms with Crippen molar-refractivity contribution in [3.8, 4) is 0 Å². The van der Waals surface area contributed by atoms with Crippen molar-refractivity contribution < 1.29 is 9.59 Å². The zero-order valence-corrected chi connectivity index (χ0v) is 11.1. The number of amides is 2. The van der Waals surface area contributed by atoms with Crippen molar-refractivity contribution >= 4 is 17.3 Å². The molecule has 1 fully saturated rings. The zero-order valence-electron chi connectivity index (χ0n) is 11.1. The third-order valence-corrected chi connectivity index (χ3v) is 3.53. The summed E-state index contributed by atoms with van der Waals surface area (Å²) in [5, 5.41) is 6.92. The molecular weight excluding hydrogens is 258 g/mol. The maximum atomic E-state index is 12.7. The highest BCUT2D eigenvalue weighted by atomic mass is 16.2. The summed E-state index contributed by atoms with van der Waals surface area (Å²) in [4.78, 5) is 30.1. The van der Waals surface area contributed by atoms with E-state index in [1.807, 2.05) is 6.92 Å². The second-order valence-electron chi connectivity index (χ2n) is 4.68. The predicted octanol–water partition coefficient (Wildman–Crippen LogP) is 0.0799. The first-order valence-electron chi connectivity index (χ1n) is 6.58. The van der Waals surface area contributed by atoms with Gasteiger partial charge in [-0.15, -0.1) is 0 Å². The van der Waals surface area contributed by atoms with Crippen molar-refractivity contribution in [2.75, 3.05) is 13.1 Å². The molecule has 0 saturated carbocycles. The van der Waals surface area contributed by atoms with Gasteiger partial charge in [0.1, 0.15) is 6.04 Å². The molecule has 1 N–H and O–H groups in total. The van der Waals surface area contributed by atoms with Gasteiger partial charge in [0.25, 0.3) is 5.91 Å². The molecular formula is C13H15N5O2. The summed E-state index contributed by atoms with van der Waals surface area (Å²) in [7, 11) is 0. The topological polar surface area (TPSA) is 79.6 Å². The number of rotatable bonds is 2. The molecule has 0 aliphatic carbocycles. The fraction of sp³-hybridized carbons (Fsp3) is 0.385. The maximum Gasteiger partial charge on any atom is 0.258 e. The van der Waals surface area contributed by atoms with Crippen LogP contribution in [0.15, 0.2) is 24.8 Å². The largest absolute Gasteiger partial charge is 0.353 e. The number of nitrogens with zero attached hydrogens (tertiary/aromatic N) is 4. The van der Waals surface area contributed by atoms with Gasteiger partial charge in [-0.05, 0) is 6.42 Å². The molecule has 7 heteroatoms. The molecule has 1 saturated heterocycles. The van der Waals surface area contributed by atoms with E-state index in [1.54, 1.807) is 28.0 Å². The first-order chi connectivity index (χ1) is 9.72.